The first kappa shape index (κ1) is 15.8. The zero-order valence-electron chi connectivity index (χ0n) is 13.6. The van der Waals surface area contributed by atoms with Gasteiger partial charge in [0, 0.05) is 16.8 Å². The summed E-state index contributed by atoms with van der Waals surface area (Å²) in [5.41, 5.74) is 0.179. The van der Waals surface area contributed by atoms with E-state index >= 15 is 0 Å². The van der Waals surface area contributed by atoms with Crippen LogP contribution in [0.3, 0.4) is 0 Å². The van der Waals surface area contributed by atoms with Gasteiger partial charge in [0.1, 0.15) is 22.5 Å². The number of benzene rings is 2. The number of aromatic hydroxyl groups is 1. The van der Waals surface area contributed by atoms with Crippen LogP contribution in [0.1, 0.15) is 17.3 Å². The summed E-state index contributed by atoms with van der Waals surface area (Å²) in [5.74, 6) is -0.387. The van der Waals surface area contributed by atoms with E-state index in [0.29, 0.717) is 27.5 Å². The first-order valence-corrected chi connectivity index (χ1v) is 7.78. The molecule has 128 valence electrons. The minimum Gasteiger partial charge on any atom is -0.508 e. The summed E-state index contributed by atoms with van der Waals surface area (Å²) in [6.07, 6.45) is 0. The van der Waals surface area contributed by atoms with Gasteiger partial charge in [-0.1, -0.05) is 6.07 Å². The van der Waals surface area contributed by atoms with E-state index in [0.717, 1.165) is 0 Å². The van der Waals surface area contributed by atoms with Crippen molar-refractivity contribution < 1.29 is 18.7 Å². The van der Waals surface area contributed by atoms with E-state index in [4.69, 9.17) is 8.83 Å². The third-order valence-electron chi connectivity index (χ3n) is 4.14. The van der Waals surface area contributed by atoms with E-state index in [1.54, 1.807) is 30.3 Å². The summed E-state index contributed by atoms with van der Waals surface area (Å²) >= 11 is 0. The van der Waals surface area contributed by atoms with Crippen molar-refractivity contribution in [2.45, 2.75) is 6.92 Å². The number of Topliss-reactive ketones (excluding diaryl/α,β-unsaturated/α-hetero) is 1. The molecule has 0 aliphatic rings. The maximum absolute atomic E-state index is 12.3. The van der Waals surface area contributed by atoms with Crippen molar-refractivity contribution in [2.75, 3.05) is 0 Å². The van der Waals surface area contributed by atoms with Crippen LogP contribution in [0.4, 0.5) is 0 Å². The van der Waals surface area contributed by atoms with Gasteiger partial charge < -0.3 is 13.9 Å². The topological polar surface area (TPSA) is 97.7 Å². The molecule has 26 heavy (non-hydrogen) atoms. The van der Waals surface area contributed by atoms with Crippen molar-refractivity contribution in [3.63, 3.8) is 0 Å². The molecule has 0 atom stereocenters. The predicted octanol–water partition coefficient (Wildman–Crippen LogP) is 3.47. The van der Waals surface area contributed by atoms with Gasteiger partial charge in [-0.3, -0.25) is 4.79 Å². The maximum atomic E-state index is 12.3. The van der Waals surface area contributed by atoms with E-state index in [1.807, 2.05) is 0 Å². The van der Waals surface area contributed by atoms with Crippen LogP contribution in [0, 0.1) is 0 Å². The normalized spacial score (nSPS) is 11.1. The highest BCUT2D eigenvalue weighted by atomic mass is 16.4. The largest absolute Gasteiger partial charge is 0.508 e. The van der Waals surface area contributed by atoms with Gasteiger partial charge >= 0.3 is 11.3 Å². The van der Waals surface area contributed by atoms with Crippen LogP contribution in [-0.2, 0) is 0 Å². The Morgan fingerprint density at radius 2 is 1.62 bits per heavy atom. The van der Waals surface area contributed by atoms with Crippen LogP contribution < -0.4 is 11.3 Å². The lowest BCUT2D eigenvalue weighted by molar-refractivity contribution is 0.101. The van der Waals surface area contributed by atoms with Crippen LogP contribution in [-0.4, -0.2) is 10.9 Å². The molecule has 0 unspecified atom stereocenters. The van der Waals surface area contributed by atoms with Gasteiger partial charge in [-0.15, -0.1) is 0 Å². The van der Waals surface area contributed by atoms with Crippen molar-refractivity contribution in [3.05, 3.63) is 74.9 Å². The lowest BCUT2D eigenvalue weighted by atomic mass is 10.0. The van der Waals surface area contributed by atoms with Gasteiger partial charge in [0.25, 0.3) is 0 Å². The van der Waals surface area contributed by atoms with Gasteiger partial charge in [-0.25, -0.2) is 9.59 Å². The van der Waals surface area contributed by atoms with Crippen molar-refractivity contribution in [3.8, 4) is 16.9 Å². The number of phenolic OH excluding ortho intramolecular Hbond substituents is 1. The van der Waals surface area contributed by atoms with Crippen molar-refractivity contribution in [2.24, 2.45) is 0 Å². The average molecular weight is 348 g/mol. The average Bonchev–Trinajstić information content (AvgIpc) is 2.60. The van der Waals surface area contributed by atoms with E-state index in [9.17, 15) is 19.5 Å². The van der Waals surface area contributed by atoms with E-state index < -0.39 is 17.0 Å². The first-order chi connectivity index (χ1) is 12.4. The quantitative estimate of drug-likeness (QED) is 0.440. The van der Waals surface area contributed by atoms with Crippen LogP contribution in [0.25, 0.3) is 33.1 Å². The molecule has 6 nitrogen and oxygen atoms in total. The van der Waals surface area contributed by atoms with Crippen LogP contribution in [0.15, 0.2) is 67.0 Å². The highest BCUT2D eigenvalue weighted by Crippen LogP contribution is 2.26. The molecule has 4 rings (SSSR count). The number of hydrogen-bond donors (Lipinski definition) is 1. The van der Waals surface area contributed by atoms with Crippen LogP contribution in [0.5, 0.6) is 5.75 Å². The summed E-state index contributed by atoms with van der Waals surface area (Å²) in [6.45, 7) is 1.29. The SMILES string of the molecule is CC(=O)c1cc2cc(-c3cc4ccc(O)cc4oc3=O)ccc2oc1=O. The van der Waals surface area contributed by atoms with Gasteiger partial charge in [-0.05, 0) is 48.9 Å². The first-order valence-electron chi connectivity index (χ1n) is 7.78. The van der Waals surface area contributed by atoms with E-state index in [2.05, 4.69) is 0 Å². The summed E-state index contributed by atoms with van der Waals surface area (Å²) in [6, 6.07) is 12.5. The molecule has 2 aromatic carbocycles. The summed E-state index contributed by atoms with van der Waals surface area (Å²) in [4.78, 5) is 35.7. The molecule has 0 saturated carbocycles. The summed E-state index contributed by atoms with van der Waals surface area (Å²) in [7, 11) is 0. The predicted molar refractivity (Wildman–Crippen MR) is 95.6 cm³/mol. The summed E-state index contributed by atoms with van der Waals surface area (Å²) in [5, 5.41) is 10.7. The number of carbonyl (C=O) groups is 1. The second-order valence-corrected chi connectivity index (χ2v) is 5.93. The zero-order chi connectivity index (χ0) is 18.4. The van der Waals surface area contributed by atoms with Crippen molar-refractivity contribution in [1.82, 2.24) is 0 Å². The second kappa shape index (κ2) is 5.70. The Balaban J connectivity index is 1.95. The molecule has 0 fully saturated rings. The van der Waals surface area contributed by atoms with Gasteiger partial charge in [0.2, 0.25) is 0 Å². The van der Waals surface area contributed by atoms with Gasteiger partial charge in [-0.2, -0.15) is 0 Å². The third kappa shape index (κ3) is 2.57. The van der Waals surface area contributed by atoms with Crippen molar-refractivity contribution >= 4 is 27.7 Å². The molecular formula is C20H12O6. The Labute approximate surface area is 145 Å². The second-order valence-electron chi connectivity index (χ2n) is 5.93. The third-order valence-corrected chi connectivity index (χ3v) is 4.14. The molecule has 0 aliphatic heterocycles. The Bertz CT molecular complexity index is 1310. The van der Waals surface area contributed by atoms with Crippen molar-refractivity contribution in [1.29, 1.82) is 0 Å². The van der Waals surface area contributed by atoms with E-state index in [-0.39, 0.29) is 16.9 Å². The molecule has 1 N–H and O–H groups in total. The number of phenols is 1. The summed E-state index contributed by atoms with van der Waals surface area (Å²) < 4.78 is 10.4. The monoisotopic (exact) mass is 348 g/mol. The molecule has 2 aromatic heterocycles. The molecule has 0 aliphatic carbocycles. The van der Waals surface area contributed by atoms with Gasteiger partial charge in [0.15, 0.2) is 5.78 Å². The lowest BCUT2D eigenvalue weighted by Crippen LogP contribution is -2.11. The Hall–Kier alpha value is -3.67. The number of fused-ring (bicyclic) bond motifs is 2. The molecule has 0 bridgehead atoms. The Kier molecular flexibility index (Phi) is 3.47. The maximum Gasteiger partial charge on any atom is 0.347 e. The molecule has 2 heterocycles. The standard InChI is InChI=1S/C20H12O6/c1-10(21)15-8-13-6-11(3-5-17(13)25-19(15)23)16-7-12-2-4-14(22)9-18(12)26-20(16)24/h2-9,22H,1H3. The molecule has 0 spiro atoms. The zero-order valence-corrected chi connectivity index (χ0v) is 13.6. The van der Waals surface area contributed by atoms with Crippen LogP contribution in [0.2, 0.25) is 0 Å². The molecular weight excluding hydrogens is 336 g/mol. The smallest absolute Gasteiger partial charge is 0.347 e. The molecule has 0 amide bonds. The highest BCUT2D eigenvalue weighted by molar-refractivity contribution is 5.97. The fourth-order valence-corrected chi connectivity index (χ4v) is 2.84. The highest BCUT2D eigenvalue weighted by Gasteiger charge is 2.13. The number of rotatable bonds is 2. The Morgan fingerprint density at radius 3 is 2.38 bits per heavy atom. The minimum absolute atomic E-state index is 0.00546. The molecule has 0 saturated heterocycles. The molecule has 0 radical (unpaired) electrons. The van der Waals surface area contributed by atoms with Crippen LogP contribution >= 0.6 is 0 Å². The molecule has 4 aromatic rings. The van der Waals surface area contributed by atoms with Gasteiger partial charge in [0.05, 0.1) is 5.56 Å². The number of ketones is 1. The Morgan fingerprint density at radius 1 is 0.846 bits per heavy atom. The number of carbonyl (C=O) groups excluding carboxylic acids is 1. The van der Waals surface area contributed by atoms with E-state index in [1.165, 1.54) is 25.1 Å². The lowest BCUT2D eigenvalue weighted by Gasteiger charge is -2.05. The molecule has 6 heteroatoms. The number of hydrogen-bond acceptors (Lipinski definition) is 6. The fourth-order valence-electron chi connectivity index (χ4n) is 2.84. The fraction of sp³-hybridized carbons (Fsp3) is 0.0500. The minimum atomic E-state index is -0.692.